The van der Waals surface area contributed by atoms with Gasteiger partial charge in [0.15, 0.2) is 0 Å². The molecular weight excluding hydrogens is 350 g/mol. The van der Waals surface area contributed by atoms with Gasteiger partial charge in [-0.05, 0) is 23.8 Å². The zero-order valence-corrected chi connectivity index (χ0v) is 14.8. The van der Waals surface area contributed by atoms with E-state index in [2.05, 4.69) is 15.5 Å². The van der Waals surface area contributed by atoms with Gasteiger partial charge in [-0.2, -0.15) is 0 Å². The fourth-order valence-electron chi connectivity index (χ4n) is 2.36. The highest BCUT2D eigenvalue weighted by Gasteiger charge is 2.04. The van der Waals surface area contributed by atoms with Gasteiger partial charge in [0.25, 0.3) is 0 Å². The van der Waals surface area contributed by atoms with E-state index in [1.807, 2.05) is 48.5 Å². The number of amides is 1. The fourth-order valence-corrected chi connectivity index (χ4v) is 2.48. The molecule has 1 amide bonds. The number of rotatable bonds is 7. The first-order valence-electron chi connectivity index (χ1n) is 8.24. The minimum atomic E-state index is -0.0681. The summed E-state index contributed by atoms with van der Waals surface area (Å²) in [6, 6.07) is 20.6. The first-order valence-corrected chi connectivity index (χ1v) is 8.61. The van der Waals surface area contributed by atoms with Gasteiger partial charge in [-0.15, -0.1) is 10.2 Å². The van der Waals surface area contributed by atoms with Crippen molar-refractivity contribution >= 4 is 17.5 Å². The van der Waals surface area contributed by atoms with Crippen LogP contribution in [0.25, 0.3) is 11.3 Å². The molecule has 3 aromatic rings. The first kappa shape index (κ1) is 17.9. The van der Waals surface area contributed by atoms with Gasteiger partial charge < -0.3 is 10.1 Å². The molecule has 0 saturated carbocycles. The predicted molar refractivity (Wildman–Crippen MR) is 101 cm³/mol. The summed E-state index contributed by atoms with van der Waals surface area (Å²) in [4.78, 5) is 11.9. The van der Waals surface area contributed by atoms with Crippen molar-refractivity contribution < 1.29 is 9.53 Å². The van der Waals surface area contributed by atoms with E-state index >= 15 is 0 Å². The third-order valence-electron chi connectivity index (χ3n) is 3.66. The molecule has 0 saturated heterocycles. The second-order valence-electron chi connectivity index (χ2n) is 5.62. The van der Waals surface area contributed by atoms with Gasteiger partial charge in [0.2, 0.25) is 11.8 Å². The van der Waals surface area contributed by atoms with E-state index < -0.39 is 0 Å². The van der Waals surface area contributed by atoms with Crippen LogP contribution in [0.15, 0.2) is 66.7 Å². The number of nitrogens with zero attached hydrogens (tertiary/aromatic N) is 2. The summed E-state index contributed by atoms with van der Waals surface area (Å²) in [6.07, 6.45) is 0.308. The van der Waals surface area contributed by atoms with Gasteiger partial charge in [0.05, 0.1) is 18.7 Å². The molecule has 0 bridgehead atoms. The van der Waals surface area contributed by atoms with Crippen molar-refractivity contribution in [2.24, 2.45) is 0 Å². The molecular formula is C20H18ClN3O2. The number of halogens is 1. The van der Waals surface area contributed by atoms with Crippen molar-refractivity contribution in [2.75, 3.05) is 13.2 Å². The standard InChI is InChI=1S/C20H18ClN3O2/c21-17-8-6-15(7-9-17)14-19(25)22-12-13-26-20-11-10-18(23-24-20)16-4-2-1-3-5-16/h1-11H,12-14H2,(H,22,25). The molecule has 0 aliphatic rings. The molecule has 1 heterocycles. The Labute approximate surface area is 157 Å². The highest BCUT2D eigenvalue weighted by Crippen LogP contribution is 2.16. The first-order chi connectivity index (χ1) is 12.7. The molecule has 0 unspecified atom stereocenters. The van der Waals surface area contributed by atoms with Crippen LogP contribution in [-0.4, -0.2) is 29.3 Å². The van der Waals surface area contributed by atoms with Crippen molar-refractivity contribution in [3.63, 3.8) is 0 Å². The summed E-state index contributed by atoms with van der Waals surface area (Å²) in [5.74, 6) is 0.359. The number of carbonyl (C=O) groups is 1. The maximum Gasteiger partial charge on any atom is 0.233 e. The summed E-state index contributed by atoms with van der Waals surface area (Å²) in [6.45, 7) is 0.722. The largest absolute Gasteiger partial charge is 0.475 e. The van der Waals surface area contributed by atoms with Crippen molar-refractivity contribution in [3.05, 3.63) is 77.3 Å². The van der Waals surface area contributed by atoms with Crippen LogP contribution in [0.5, 0.6) is 5.88 Å². The minimum absolute atomic E-state index is 0.0681. The molecule has 6 heteroatoms. The summed E-state index contributed by atoms with van der Waals surface area (Å²) < 4.78 is 5.51. The average Bonchev–Trinajstić information content (AvgIpc) is 2.68. The number of ether oxygens (including phenoxy) is 1. The fraction of sp³-hybridized carbons (Fsp3) is 0.150. The number of benzene rings is 2. The van der Waals surface area contributed by atoms with Gasteiger partial charge >= 0.3 is 0 Å². The predicted octanol–water partition coefficient (Wildman–Crippen LogP) is 3.53. The summed E-state index contributed by atoms with van der Waals surface area (Å²) in [7, 11) is 0. The van der Waals surface area contributed by atoms with Crippen molar-refractivity contribution in [3.8, 4) is 17.1 Å². The van der Waals surface area contributed by atoms with E-state index in [0.29, 0.717) is 30.5 Å². The summed E-state index contributed by atoms with van der Waals surface area (Å²) >= 11 is 5.83. The van der Waals surface area contributed by atoms with Crippen molar-refractivity contribution in [1.29, 1.82) is 0 Å². The van der Waals surface area contributed by atoms with E-state index in [4.69, 9.17) is 16.3 Å². The molecule has 132 valence electrons. The monoisotopic (exact) mass is 367 g/mol. The van der Waals surface area contributed by atoms with E-state index in [9.17, 15) is 4.79 Å². The van der Waals surface area contributed by atoms with Gasteiger partial charge in [0, 0.05) is 16.7 Å². The highest BCUT2D eigenvalue weighted by atomic mass is 35.5. The number of hydrogen-bond donors (Lipinski definition) is 1. The van der Waals surface area contributed by atoms with E-state index in [1.54, 1.807) is 18.2 Å². The summed E-state index contributed by atoms with van der Waals surface area (Å²) in [5, 5.41) is 11.7. The molecule has 0 aliphatic carbocycles. The Morgan fingerprint density at radius 3 is 2.42 bits per heavy atom. The van der Waals surface area contributed by atoms with Crippen LogP contribution in [-0.2, 0) is 11.2 Å². The lowest BCUT2D eigenvalue weighted by Crippen LogP contribution is -2.29. The molecule has 0 aliphatic heterocycles. The maximum atomic E-state index is 11.9. The van der Waals surface area contributed by atoms with Gasteiger partial charge in [-0.25, -0.2) is 0 Å². The van der Waals surface area contributed by atoms with Crippen LogP contribution in [0.4, 0.5) is 0 Å². The Hall–Kier alpha value is -2.92. The van der Waals surface area contributed by atoms with Crippen LogP contribution in [0.3, 0.4) is 0 Å². The topological polar surface area (TPSA) is 64.1 Å². The maximum absolute atomic E-state index is 11.9. The smallest absolute Gasteiger partial charge is 0.233 e. The quantitative estimate of drug-likeness (QED) is 0.649. The number of hydrogen-bond acceptors (Lipinski definition) is 4. The van der Waals surface area contributed by atoms with Gasteiger partial charge in [-0.1, -0.05) is 54.1 Å². The molecule has 1 aromatic heterocycles. The molecule has 26 heavy (non-hydrogen) atoms. The van der Waals surface area contributed by atoms with Crippen LogP contribution in [0.2, 0.25) is 5.02 Å². The zero-order valence-electron chi connectivity index (χ0n) is 14.1. The molecule has 0 radical (unpaired) electrons. The Morgan fingerprint density at radius 1 is 0.962 bits per heavy atom. The number of aromatic nitrogens is 2. The van der Waals surface area contributed by atoms with Crippen molar-refractivity contribution in [2.45, 2.75) is 6.42 Å². The Bertz CT molecular complexity index is 837. The number of carbonyl (C=O) groups excluding carboxylic acids is 1. The normalized spacial score (nSPS) is 10.3. The van der Waals surface area contributed by atoms with Gasteiger partial charge in [-0.3, -0.25) is 4.79 Å². The van der Waals surface area contributed by atoms with E-state index in [1.165, 1.54) is 0 Å². The van der Waals surface area contributed by atoms with Crippen LogP contribution in [0.1, 0.15) is 5.56 Å². The van der Waals surface area contributed by atoms with Crippen LogP contribution < -0.4 is 10.1 Å². The Kier molecular flexibility index (Phi) is 6.17. The van der Waals surface area contributed by atoms with E-state index in [0.717, 1.165) is 16.8 Å². The van der Waals surface area contributed by atoms with Crippen molar-refractivity contribution in [1.82, 2.24) is 15.5 Å². The molecule has 3 rings (SSSR count). The van der Waals surface area contributed by atoms with Gasteiger partial charge in [0.1, 0.15) is 6.61 Å². The lowest BCUT2D eigenvalue weighted by atomic mass is 10.1. The van der Waals surface area contributed by atoms with Crippen LogP contribution in [0, 0.1) is 0 Å². The SMILES string of the molecule is O=C(Cc1ccc(Cl)cc1)NCCOc1ccc(-c2ccccc2)nn1. The molecule has 1 N–H and O–H groups in total. The lowest BCUT2D eigenvalue weighted by Gasteiger charge is -2.07. The Morgan fingerprint density at radius 2 is 1.73 bits per heavy atom. The third kappa shape index (κ3) is 5.29. The zero-order chi connectivity index (χ0) is 18.2. The summed E-state index contributed by atoms with van der Waals surface area (Å²) in [5.41, 5.74) is 2.70. The van der Waals surface area contributed by atoms with Crippen LogP contribution >= 0.6 is 11.6 Å². The second-order valence-corrected chi connectivity index (χ2v) is 6.06. The average molecular weight is 368 g/mol. The lowest BCUT2D eigenvalue weighted by molar-refractivity contribution is -0.120. The number of nitrogens with one attached hydrogen (secondary N) is 1. The Balaban J connectivity index is 1.40. The molecule has 2 aromatic carbocycles. The molecule has 0 atom stereocenters. The third-order valence-corrected chi connectivity index (χ3v) is 3.91. The second kappa shape index (κ2) is 8.97. The molecule has 0 fully saturated rings. The molecule has 5 nitrogen and oxygen atoms in total. The minimum Gasteiger partial charge on any atom is -0.475 e. The molecule has 0 spiro atoms. The van der Waals surface area contributed by atoms with E-state index in [-0.39, 0.29) is 5.91 Å². The highest BCUT2D eigenvalue weighted by molar-refractivity contribution is 6.30.